The zero-order valence-corrected chi connectivity index (χ0v) is 13.9. The Labute approximate surface area is 132 Å². The Morgan fingerprint density at radius 2 is 1.91 bits per heavy atom. The Morgan fingerprint density at radius 3 is 2.41 bits per heavy atom. The molecule has 0 aromatic heterocycles. The van der Waals surface area contributed by atoms with E-state index in [9.17, 15) is 8.42 Å². The summed E-state index contributed by atoms with van der Waals surface area (Å²) in [4.78, 5) is 0.249. The molecule has 4 rings (SSSR count). The molecule has 4 nitrogen and oxygen atoms in total. The van der Waals surface area contributed by atoms with E-state index >= 15 is 0 Å². The number of benzene rings is 1. The Kier molecular flexibility index (Phi) is 3.70. The summed E-state index contributed by atoms with van der Waals surface area (Å²) in [6.07, 6.45) is 4.73. The summed E-state index contributed by atoms with van der Waals surface area (Å²) in [5.41, 5.74) is 0.740. The van der Waals surface area contributed by atoms with Crippen molar-refractivity contribution in [2.24, 2.45) is 0 Å². The quantitative estimate of drug-likeness (QED) is 0.630. The average molecular weight is 322 g/mol. The predicted molar refractivity (Wildman–Crippen MR) is 84.3 cm³/mol. The second-order valence-electron chi connectivity index (χ2n) is 6.55. The minimum Gasteiger partial charge on any atom is -0.368 e. The second-order valence-corrected chi connectivity index (χ2v) is 8.06. The van der Waals surface area contributed by atoms with Crippen LogP contribution in [0.2, 0.25) is 0 Å². The fraction of sp³-hybridized carbons (Fsp3) is 0.529. The smallest absolute Gasteiger partial charge is 0.297 e. The molecule has 120 valence electrons. The van der Waals surface area contributed by atoms with Crippen LogP contribution in [0.4, 0.5) is 0 Å². The van der Waals surface area contributed by atoms with Gasteiger partial charge in [0.25, 0.3) is 10.1 Å². The Hall–Kier alpha value is -1.17. The van der Waals surface area contributed by atoms with Crippen LogP contribution in [0.5, 0.6) is 0 Å². The minimum atomic E-state index is -3.79. The first kappa shape index (κ1) is 15.7. The average Bonchev–Trinajstić information content (AvgIpc) is 2.48. The fourth-order valence-electron chi connectivity index (χ4n) is 3.42. The van der Waals surface area contributed by atoms with Gasteiger partial charge in [-0.3, -0.25) is 4.18 Å². The molecule has 2 bridgehead atoms. The molecule has 2 heterocycles. The van der Waals surface area contributed by atoms with Gasteiger partial charge in [-0.05, 0) is 51.2 Å². The molecular formula is C17H22O4S. The van der Waals surface area contributed by atoms with Gasteiger partial charge in [-0.15, -0.1) is 6.58 Å². The van der Waals surface area contributed by atoms with Crippen LogP contribution in [0.1, 0.15) is 36.8 Å². The van der Waals surface area contributed by atoms with Crippen LogP contribution < -0.4 is 0 Å². The lowest BCUT2D eigenvalue weighted by Gasteiger charge is -2.50. The van der Waals surface area contributed by atoms with Gasteiger partial charge in [-0.2, -0.15) is 8.42 Å². The van der Waals surface area contributed by atoms with Crippen molar-refractivity contribution in [3.63, 3.8) is 0 Å². The van der Waals surface area contributed by atoms with Gasteiger partial charge in [0.15, 0.2) is 0 Å². The maximum Gasteiger partial charge on any atom is 0.297 e. The summed E-state index contributed by atoms with van der Waals surface area (Å²) >= 11 is 0. The molecule has 0 spiro atoms. The summed E-state index contributed by atoms with van der Waals surface area (Å²) in [7, 11) is -3.79. The molecule has 1 aromatic carbocycles. The van der Waals surface area contributed by atoms with Gasteiger partial charge in [-0.25, -0.2) is 0 Å². The first-order valence-corrected chi connectivity index (χ1v) is 9.01. The second kappa shape index (κ2) is 5.18. The van der Waals surface area contributed by atoms with Crippen molar-refractivity contribution in [3.8, 4) is 0 Å². The third-order valence-electron chi connectivity index (χ3n) is 4.89. The van der Waals surface area contributed by atoms with Crippen LogP contribution in [0.15, 0.2) is 35.7 Å². The number of hydrogen-bond donors (Lipinski definition) is 0. The maximum atomic E-state index is 12.7. The van der Waals surface area contributed by atoms with Crippen molar-refractivity contribution >= 4 is 10.1 Å². The Balaban J connectivity index is 1.85. The highest BCUT2D eigenvalue weighted by molar-refractivity contribution is 7.86. The molecule has 0 atom stereocenters. The van der Waals surface area contributed by atoms with Crippen LogP contribution >= 0.6 is 0 Å². The predicted octanol–water partition coefficient (Wildman–Crippen LogP) is 3.28. The molecule has 0 N–H and O–H groups in total. The van der Waals surface area contributed by atoms with E-state index in [0.717, 1.165) is 18.4 Å². The molecule has 3 aliphatic rings. The van der Waals surface area contributed by atoms with E-state index in [1.807, 2.05) is 19.1 Å². The molecule has 2 aliphatic heterocycles. The number of fused-ring (bicyclic) bond motifs is 3. The maximum absolute atomic E-state index is 12.7. The van der Waals surface area contributed by atoms with Crippen molar-refractivity contribution in [2.45, 2.75) is 55.6 Å². The van der Waals surface area contributed by atoms with Gasteiger partial charge in [0, 0.05) is 0 Å². The molecule has 1 aliphatic carbocycles. The van der Waals surface area contributed by atoms with E-state index in [4.69, 9.17) is 8.92 Å². The van der Waals surface area contributed by atoms with E-state index in [2.05, 4.69) is 6.58 Å². The highest BCUT2D eigenvalue weighted by atomic mass is 32.2. The van der Waals surface area contributed by atoms with Crippen LogP contribution in [-0.2, 0) is 19.0 Å². The molecule has 1 saturated carbocycles. The molecule has 1 aromatic rings. The van der Waals surface area contributed by atoms with Crippen molar-refractivity contribution < 1.29 is 17.3 Å². The lowest BCUT2D eigenvalue weighted by Crippen LogP contribution is -2.55. The van der Waals surface area contributed by atoms with Gasteiger partial charge >= 0.3 is 0 Å². The van der Waals surface area contributed by atoms with Gasteiger partial charge < -0.3 is 4.74 Å². The molecule has 0 radical (unpaired) electrons. The molecule has 22 heavy (non-hydrogen) atoms. The largest absolute Gasteiger partial charge is 0.368 e. The van der Waals surface area contributed by atoms with E-state index in [-0.39, 0.29) is 10.5 Å². The summed E-state index contributed by atoms with van der Waals surface area (Å²) in [6.45, 7) is 7.87. The molecule has 0 amide bonds. The topological polar surface area (TPSA) is 52.6 Å². The van der Waals surface area contributed by atoms with Crippen LogP contribution in [0.3, 0.4) is 0 Å². The number of ether oxygens (including phenoxy) is 1. The van der Waals surface area contributed by atoms with E-state index < -0.39 is 15.7 Å². The van der Waals surface area contributed by atoms with Crippen LogP contribution in [-0.4, -0.2) is 26.2 Å². The molecule has 2 saturated heterocycles. The normalized spacial score (nSPS) is 31.2. The monoisotopic (exact) mass is 322 g/mol. The molecule has 0 unspecified atom stereocenters. The van der Waals surface area contributed by atoms with Gasteiger partial charge in [-0.1, -0.05) is 23.8 Å². The number of aryl methyl sites for hydroxylation is 2. The minimum absolute atomic E-state index is 0.249. The lowest BCUT2D eigenvalue weighted by molar-refractivity contribution is -0.183. The van der Waals surface area contributed by atoms with Crippen LogP contribution in [0.25, 0.3) is 0 Å². The summed E-state index contributed by atoms with van der Waals surface area (Å²) in [5.74, 6) is 0. The zero-order valence-electron chi connectivity index (χ0n) is 13.1. The first-order chi connectivity index (χ1) is 10.3. The first-order valence-electron chi connectivity index (χ1n) is 7.60. The summed E-state index contributed by atoms with van der Waals surface area (Å²) in [5, 5.41) is 0. The van der Waals surface area contributed by atoms with Gasteiger partial charge in [0.2, 0.25) is 0 Å². The van der Waals surface area contributed by atoms with E-state index in [0.29, 0.717) is 25.0 Å². The SMILES string of the molecule is C=CC12CCC(OS(=O)(=O)c3ccc(C)cc3C)(CC1)CO2. The van der Waals surface area contributed by atoms with E-state index in [1.165, 1.54) is 0 Å². The molecule has 5 heteroatoms. The fourth-order valence-corrected chi connectivity index (χ4v) is 4.88. The van der Waals surface area contributed by atoms with E-state index in [1.54, 1.807) is 19.1 Å². The van der Waals surface area contributed by atoms with Gasteiger partial charge in [0.05, 0.1) is 17.1 Å². The zero-order chi connectivity index (χ0) is 16.0. The van der Waals surface area contributed by atoms with Crippen molar-refractivity contribution in [2.75, 3.05) is 6.61 Å². The summed E-state index contributed by atoms with van der Waals surface area (Å²) < 4.78 is 36.8. The van der Waals surface area contributed by atoms with Crippen molar-refractivity contribution in [1.29, 1.82) is 0 Å². The van der Waals surface area contributed by atoms with Gasteiger partial charge in [0.1, 0.15) is 5.60 Å². The Bertz CT molecular complexity index is 681. The van der Waals surface area contributed by atoms with Crippen molar-refractivity contribution in [1.82, 2.24) is 0 Å². The standard InChI is InChI=1S/C17H22O4S/c1-4-16-7-9-17(10-8-16,12-20-16)21-22(18,19)15-6-5-13(2)11-14(15)3/h4-6,11H,1,7-10,12H2,2-3H3. The third-order valence-corrected chi connectivity index (χ3v) is 6.46. The van der Waals surface area contributed by atoms with Crippen LogP contribution in [0, 0.1) is 13.8 Å². The molecule has 3 fully saturated rings. The number of hydrogen-bond acceptors (Lipinski definition) is 4. The highest BCUT2D eigenvalue weighted by Gasteiger charge is 2.51. The van der Waals surface area contributed by atoms with Crippen molar-refractivity contribution in [3.05, 3.63) is 42.0 Å². The number of rotatable bonds is 4. The highest BCUT2D eigenvalue weighted by Crippen LogP contribution is 2.47. The molecular weight excluding hydrogens is 300 g/mol. The Morgan fingerprint density at radius 1 is 1.23 bits per heavy atom. The third kappa shape index (κ3) is 2.62. The lowest BCUT2D eigenvalue weighted by atomic mass is 9.73. The summed E-state index contributed by atoms with van der Waals surface area (Å²) in [6, 6.07) is 5.27.